The van der Waals surface area contributed by atoms with E-state index in [1.807, 2.05) is 20.2 Å². The second-order valence-corrected chi connectivity index (χ2v) is 8.88. The van der Waals surface area contributed by atoms with Gasteiger partial charge in [0.15, 0.2) is 5.82 Å². The van der Waals surface area contributed by atoms with Gasteiger partial charge >= 0.3 is 5.69 Å². The molecule has 0 bridgehead atoms. The maximum Gasteiger partial charge on any atom is 0.328 e. The van der Waals surface area contributed by atoms with Crippen LogP contribution in [0.2, 0.25) is 0 Å². The highest BCUT2D eigenvalue weighted by Crippen LogP contribution is 2.37. The number of benzene rings is 2. The summed E-state index contributed by atoms with van der Waals surface area (Å²) in [6.07, 6.45) is 2.41. The Balaban J connectivity index is 1.74. The number of unbranched alkanes of at least 4 members (excludes halogenated alkanes) is 1. The lowest BCUT2D eigenvalue weighted by Gasteiger charge is -2.16. The zero-order valence-corrected chi connectivity index (χ0v) is 20.3. The van der Waals surface area contributed by atoms with E-state index in [4.69, 9.17) is 0 Å². The third-order valence-electron chi connectivity index (χ3n) is 6.31. The van der Waals surface area contributed by atoms with E-state index < -0.39 is 0 Å². The molecule has 0 spiro atoms. The number of likely N-dealkylation sites (N-methyl/N-ethyl adjacent to an activating group) is 1. The van der Waals surface area contributed by atoms with Crippen LogP contribution in [0.4, 0.5) is 5.82 Å². The van der Waals surface area contributed by atoms with E-state index in [1.54, 1.807) is 9.13 Å². The molecule has 0 radical (unpaired) electrons. The molecule has 2 aromatic heterocycles. The number of aromatic nitrogens is 4. The fourth-order valence-corrected chi connectivity index (χ4v) is 4.33. The molecule has 33 heavy (non-hydrogen) atoms. The van der Waals surface area contributed by atoms with E-state index in [0.29, 0.717) is 0 Å². The van der Waals surface area contributed by atoms with E-state index in [1.165, 1.54) is 18.4 Å². The molecule has 0 amide bonds. The lowest BCUT2D eigenvalue weighted by Crippen LogP contribution is -2.26. The number of imidazole rings is 1. The number of H-pyrrole nitrogens is 1. The van der Waals surface area contributed by atoms with Crippen molar-refractivity contribution in [3.05, 3.63) is 58.5 Å². The first-order valence-corrected chi connectivity index (χ1v) is 11.6. The summed E-state index contributed by atoms with van der Waals surface area (Å²) in [7, 11) is 5.78. The molecule has 0 saturated carbocycles. The molecule has 0 atom stereocenters. The van der Waals surface area contributed by atoms with Gasteiger partial charge in [-0.3, -0.25) is 14.2 Å². The molecule has 0 aliphatic heterocycles. The minimum absolute atomic E-state index is 0.0262. The molecule has 2 heterocycles. The minimum Gasteiger partial charge on any atom is -0.367 e. The average Bonchev–Trinajstić information content (AvgIpc) is 3.33. The SMILES string of the molecule is CCCCN(C)CCNc1n[nH]c(-c2cccc(C)c2)c1-c1ccc2c(c1)n(C)c(=O)n2C. The molecule has 2 N–H and O–H groups in total. The van der Waals surface area contributed by atoms with Crippen LogP contribution in [0.15, 0.2) is 47.3 Å². The van der Waals surface area contributed by atoms with Crippen molar-refractivity contribution in [3.8, 4) is 22.4 Å². The summed E-state index contributed by atoms with van der Waals surface area (Å²) in [5.74, 6) is 0.829. The van der Waals surface area contributed by atoms with Crippen molar-refractivity contribution in [1.82, 2.24) is 24.2 Å². The maximum absolute atomic E-state index is 12.4. The van der Waals surface area contributed by atoms with Crippen molar-refractivity contribution in [2.45, 2.75) is 26.7 Å². The number of aromatic amines is 1. The predicted octanol–water partition coefficient (Wildman–Crippen LogP) is 4.39. The number of anilines is 1. The van der Waals surface area contributed by atoms with Crippen LogP contribution in [-0.4, -0.2) is 50.9 Å². The predicted molar refractivity (Wildman–Crippen MR) is 137 cm³/mol. The molecule has 4 aromatic rings. The fraction of sp³-hybridized carbons (Fsp3) is 0.385. The Morgan fingerprint density at radius 2 is 1.82 bits per heavy atom. The highest BCUT2D eigenvalue weighted by Gasteiger charge is 2.19. The Labute approximate surface area is 195 Å². The van der Waals surface area contributed by atoms with Crippen molar-refractivity contribution < 1.29 is 0 Å². The monoisotopic (exact) mass is 446 g/mol. The second-order valence-electron chi connectivity index (χ2n) is 8.88. The Morgan fingerprint density at radius 3 is 2.58 bits per heavy atom. The summed E-state index contributed by atoms with van der Waals surface area (Å²) >= 11 is 0. The molecule has 0 fully saturated rings. The first-order chi connectivity index (χ1) is 15.9. The molecule has 2 aromatic carbocycles. The molecule has 7 heteroatoms. The van der Waals surface area contributed by atoms with Crippen molar-refractivity contribution in [3.63, 3.8) is 0 Å². The third-order valence-corrected chi connectivity index (χ3v) is 6.31. The van der Waals surface area contributed by atoms with Crippen LogP contribution >= 0.6 is 0 Å². The van der Waals surface area contributed by atoms with Crippen LogP contribution in [0.1, 0.15) is 25.3 Å². The van der Waals surface area contributed by atoms with Gasteiger partial charge in [0.1, 0.15) is 0 Å². The first-order valence-electron chi connectivity index (χ1n) is 11.6. The highest BCUT2D eigenvalue weighted by atomic mass is 16.1. The van der Waals surface area contributed by atoms with E-state index in [9.17, 15) is 4.79 Å². The summed E-state index contributed by atoms with van der Waals surface area (Å²) in [5, 5.41) is 11.5. The van der Waals surface area contributed by atoms with Crippen LogP contribution < -0.4 is 11.0 Å². The Kier molecular flexibility index (Phi) is 6.70. The van der Waals surface area contributed by atoms with Gasteiger partial charge in [-0.2, -0.15) is 5.10 Å². The number of nitrogens with one attached hydrogen (secondary N) is 2. The van der Waals surface area contributed by atoms with Crippen LogP contribution in [0.3, 0.4) is 0 Å². The van der Waals surface area contributed by atoms with Gasteiger partial charge in [-0.05, 0) is 50.7 Å². The van der Waals surface area contributed by atoms with Crippen molar-refractivity contribution in [2.24, 2.45) is 14.1 Å². The molecule has 4 rings (SSSR count). The molecular formula is C26H34N6O. The molecule has 174 valence electrons. The number of fused-ring (bicyclic) bond motifs is 1. The quantitative estimate of drug-likeness (QED) is 0.400. The maximum atomic E-state index is 12.4. The fourth-order valence-electron chi connectivity index (χ4n) is 4.33. The zero-order chi connectivity index (χ0) is 23.5. The van der Waals surface area contributed by atoms with Crippen LogP contribution in [0.25, 0.3) is 33.4 Å². The van der Waals surface area contributed by atoms with E-state index >= 15 is 0 Å². The lowest BCUT2D eigenvalue weighted by atomic mass is 9.99. The standard InChI is InChI=1S/C26H34N6O/c1-6-7-14-30(3)15-13-27-25-23(24(28-29-25)20-10-8-9-18(2)16-20)19-11-12-21-22(17-19)32(5)26(33)31(21)4/h8-12,16-17H,6-7,13-15H2,1-5H3,(H2,27,28,29). The first kappa shape index (κ1) is 22.9. The van der Waals surface area contributed by atoms with Gasteiger partial charge in [0, 0.05) is 32.7 Å². The topological polar surface area (TPSA) is 70.9 Å². The van der Waals surface area contributed by atoms with Crippen LogP contribution in [0, 0.1) is 6.92 Å². The van der Waals surface area contributed by atoms with Gasteiger partial charge in [0.05, 0.1) is 22.3 Å². The van der Waals surface area contributed by atoms with Crippen molar-refractivity contribution in [2.75, 3.05) is 32.0 Å². The van der Waals surface area contributed by atoms with Gasteiger partial charge in [-0.15, -0.1) is 0 Å². The van der Waals surface area contributed by atoms with E-state index in [2.05, 4.69) is 77.7 Å². The molecule has 0 saturated heterocycles. The largest absolute Gasteiger partial charge is 0.367 e. The zero-order valence-electron chi connectivity index (χ0n) is 20.3. The molecule has 0 aliphatic carbocycles. The number of rotatable bonds is 9. The van der Waals surface area contributed by atoms with Gasteiger partial charge in [-0.25, -0.2) is 4.79 Å². The number of aryl methyl sites for hydroxylation is 3. The van der Waals surface area contributed by atoms with Gasteiger partial charge in [-0.1, -0.05) is 43.2 Å². The molecular weight excluding hydrogens is 412 g/mol. The summed E-state index contributed by atoms with van der Waals surface area (Å²) < 4.78 is 3.38. The Bertz CT molecular complexity index is 1310. The van der Waals surface area contributed by atoms with Crippen molar-refractivity contribution in [1.29, 1.82) is 0 Å². The second kappa shape index (κ2) is 9.67. The van der Waals surface area contributed by atoms with E-state index in [-0.39, 0.29) is 5.69 Å². The Morgan fingerprint density at radius 1 is 1.03 bits per heavy atom. The third kappa shape index (κ3) is 4.59. The average molecular weight is 447 g/mol. The van der Waals surface area contributed by atoms with Gasteiger partial charge < -0.3 is 10.2 Å². The summed E-state index contributed by atoms with van der Waals surface area (Å²) in [5.41, 5.74) is 7.10. The molecule has 0 aliphatic rings. The van der Waals surface area contributed by atoms with Crippen molar-refractivity contribution >= 4 is 16.9 Å². The van der Waals surface area contributed by atoms with Crippen LogP contribution in [0.5, 0.6) is 0 Å². The van der Waals surface area contributed by atoms with E-state index in [0.717, 1.165) is 58.9 Å². The van der Waals surface area contributed by atoms with Crippen LogP contribution in [-0.2, 0) is 14.1 Å². The number of hydrogen-bond acceptors (Lipinski definition) is 4. The highest BCUT2D eigenvalue weighted by molar-refractivity contribution is 5.92. The summed E-state index contributed by atoms with van der Waals surface area (Å²) in [6.45, 7) is 7.15. The minimum atomic E-state index is -0.0262. The summed E-state index contributed by atoms with van der Waals surface area (Å²) in [6, 6.07) is 14.6. The normalized spacial score (nSPS) is 11.6. The number of nitrogens with zero attached hydrogens (tertiary/aromatic N) is 4. The molecule has 7 nitrogen and oxygen atoms in total. The lowest BCUT2D eigenvalue weighted by molar-refractivity contribution is 0.340. The van der Waals surface area contributed by atoms with Gasteiger partial charge in [0.2, 0.25) is 0 Å². The smallest absolute Gasteiger partial charge is 0.328 e. The van der Waals surface area contributed by atoms with Gasteiger partial charge in [0.25, 0.3) is 0 Å². The Hall–Kier alpha value is -3.32. The summed E-state index contributed by atoms with van der Waals surface area (Å²) in [4.78, 5) is 14.8. The number of hydrogen-bond donors (Lipinski definition) is 2. The molecule has 0 unspecified atom stereocenters.